The fourth-order valence-corrected chi connectivity index (χ4v) is 3.06. The SMILES string of the molecule is O=C(NC(CO)c1cccnc1)C1=C2C=C3CC3C2NN1. The summed E-state index contributed by atoms with van der Waals surface area (Å²) in [5.41, 5.74) is 9.92. The topological polar surface area (TPSA) is 86.3 Å². The minimum Gasteiger partial charge on any atom is -0.394 e. The van der Waals surface area contributed by atoms with Crippen LogP contribution in [0.5, 0.6) is 0 Å². The normalized spacial score (nSPS) is 26.6. The highest BCUT2D eigenvalue weighted by atomic mass is 16.3. The summed E-state index contributed by atoms with van der Waals surface area (Å²) in [5.74, 6) is 0.353. The number of aromatic nitrogens is 1. The summed E-state index contributed by atoms with van der Waals surface area (Å²) in [5, 5.41) is 12.3. The summed E-state index contributed by atoms with van der Waals surface area (Å²) >= 11 is 0. The highest BCUT2D eigenvalue weighted by Gasteiger charge is 2.48. The molecule has 1 fully saturated rings. The van der Waals surface area contributed by atoms with Gasteiger partial charge in [-0.3, -0.25) is 9.78 Å². The predicted octanol–water partition coefficient (Wildman–Crippen LogP) is -0.0784. The zero-order chi connectivity index (χ0) is 14.4. The lowest BCUT2D eigenvalue weighted by Gasteiger charge is -2.17. The van der Waals surface area contributed by atoms with E-state index in [0.717, 1.165) is 17.6 Å². The Morgan fingerprint density at radius 1 is 1.57 bits per heavy atom. The molecule has 1 amide bonds. The van der Waals surface area contributed by atoms with Crippen molar-refractivity contribution in [2.45, 2.75) is 18.5 Å². The Bertz CT molecular complexity index is 653. The van der Waals surface area contributed by atoms with E-state index in [0.29, 0.717) is 11.6 Å². The van der Waals surface area contributed by atoms with Gasteiger partial charge in [0.05, 0.1) is 18.7 Å². The monoisotopic (exact) mass is 284 g/mol. The zero-order valence-electron chi connectivity index (χ0n) is 11.3. The maximum Gasteiger partial charge on any atom is 0.269 e. The molecule has 4 rings (SSSR count). The molecule has 6 heteroatoms. The minimum absolute atomic E-state index is 0.166. The van der Waals surface area contributed by atoms with Crippen LogP contribution in [0, 0.1) is 5.92 Å². The largest absolute Gasteiger partial charge is 0.394 e. The molecule has 0 radical (unpaired) electrons. The number of aliphatic hydroxyl groups is 1. The van der Waals surface area contributed by atoms with Crippen molar-refractivity contribution in [2.24, 2.45) is 5.92 Å². The average molecular weight is 284 g/mol. The minimum atomic E-state index is -0.455. The number of rotatable bonds is 4. The van der Waals surface area contributed by atoms with E-state index in [9.17, 15) is 9.90 Å². The molecule has 3 aliphatic rings. The molecule has 2 heterocycles. The Kier molecular flexibility index (Phi) is 2.80. The number of aliphatic hydroxyl groups excluding tert-OH is 1. The summed E-state index contributed by atoms with van der Waals surface area (Å²) < 4.78 is 0. The van der Waals surface area contributed by atoms with Gasteiger partial charge >= 0.3 is 0 Å². The van der Waals surface area contributed by atoms with E-state index in [1.165, 1.54) is 5.57 Å². The van der Waals surface area contributed by atoms with Gasteiger partial charge in [0.25, 0.3) is 5.91 Å². The van der Waals surface area contributed by atoms with Gasteiger partial charge in [-0.2, -0.15) is 0 Å². The van der Waals surface area contributed by atoms with Crippen LogP contribution in [0.15, 0.2) is 47.4 Å². The molecule has 108 valence electrons. The molecule has 0 aromatic carbocycles. The van der Waals surface area contributed by atoms with E-state index < -0.39 is 6.04 Å². The van der Waals surface area contributed by atoms with Gasteiger partial charge in [0.1, 0.15) is 5.70 Å². The Morgan fingerprint density at radius 3 is 3.24 bits per heavy atom. The van der Waals surface area contributed by atoms with Crippen molar-refractivity contribution in [1.82, 2.24) is 21.2 Å². The van der Waals surface area contributed by atoms with Gasteiger partial charge in [-0.1, -0.05) is 17.7 Å². The Hall–Kier alpha value is -2.18. The number of carbonyl (C=O) groups excluding carboxylic acids is 1. The fraction of sp³-hybridized carbons (Fsp3) is 0.333. The molecule has 21 heavy (non-hydrogen) atoms. The molecule has 0 spiro atoms. The molecule has 1 aliphatic heterocycles. The number of hydrazine groups is 1. The Morgan fingerprint density at radius 2 is 2.48 bits per heavy atom. The maximum atomic E-state index is 12.4. The second-order valence-corrected chi connectivity index (χ2v) is 5.60. The smallest absolute Gasteiger partial charge is 0.269 e. The van der Waals surface area contributed by atoms with E-state index >= 15 is 0 Å². The van der Waals surface area contributed by atoms with Gasteiger partial charge < -0.3 is 15.8 Å². The van der Waals surface area contributed by atoms with E-state index in [1.54, 1.807) is 18.5 Å². The standard InChI is InChI=1S/C15H16N4O2/c20-7-12(8-2-1-3-16-6-8)17-15(21)14-11-5-9-4-10(9)13(11)18-19-14/h1-3,5-6,10,12-13,18-20H,4,7H2,(H,17,21). The third-order valence-corrected chi connectivity index (χ3v) is 4.29. The third-order valence-electron chi connectivity index (χ3n) is 4.29. The highest BCUT2D eigenvalue weighted by molar-refractivity contribution is 5.95. The number of hydrogen-bond acceptors (Lipinski definition) is 5. The van der Waals surface area contributed by atoms with Gasteiger partial charge in [0.15, 0.2) is 0 Å². The summed E-state index contributed by atoms with van der Waals surface area (Å²) in [6, 6.07) is 3.39. The molecule has 2 aliphatic carbocycles. The summed E-state index contributed by atoms with van der Waals surface area (Å²) in [7, 11) is 0. The van der Waals surface area contributed by atoms with Crippen LogP contribution in [0.25, 0.3) is 0 Å². The van der Waals surface area contributed by atoms with Crippen LogP contribution < -0.4 is 16.2 Å². The lowest BCUT2D eigenvalue weighted by atomic mass is 10.1. The first kappa shape index (κ1) is 12.6. The van der Waals surface area contributed by atoms with Crippen molar-refractivity contribution in [1.29, 1.82) is 0 Å². The van der Waals surface area contributed by atoms with Crippen molar-refractivity contribution in [3.05, 3.63) is 53.0 Å². The zero-order valence-corrected chi connectivity index (χ0v) is 11.3. The number of hydrogen-bond donors (Lipinski definition) is 4. The summed E-state index contributed by atoms with van der Waals surface area (Å²) in [6.07, 6.45) is 6.55. The molecule has 6 nitrogen and oxygen atoms in total. The molecule has 3 atom stereocenters. The number of nitrogens with one attached hydrogen (secondary N) is 3. The van der Waals surface area contributed by atoms with Crippen LogP contribution in [0.2, 0.25) is 0 Å². The number of nitrogens with zero attached hydrogens (tertiary/aromatic N) is 1. The van der Waals surface area contributed by atoms with Crippen LogP contribution in [0.4, 0.5) is 0 Å². The van der Waals surface area contributed by atoms with Crippen molar-refractivity contribution < 1.29 is 9.90 Å². The van der Waals surface area contributed by atoms with Crippen LogP contribution in [-0.4, -0.2) is 28.6 Å². The Balaban J connectivity index is 1.53. The number of fused-ring (bicyclic) bond motifs is 3. The molecular formula is C15H16N4O2. The van der Waals surface area contributed by atoms with E-state index in [4.69, 9.17) is 0 Å². The van der Waals surface area contributed by atoms with E-state index in [1.807, 2.05) is 6.07 Å². The molecule has 1 aromatic rings. The van der Waals surface area contributed by atoms with Crippen LogP contribution in [0.3, 0.4) is 0 Å². The Labute approximate surface area is 121 Å². The van der Waals surface area contributed by atoms with Gasteiger partial charge in [0.2, 0.25) is 0 Å². The first-order valence-corrected chi connectivity index (χ1v) is 7.05. The van der Waals surface area contributed by atoms with Gasteiger partial charge in [-0.15, -0.1) is 0 Å². The van der Waals surface area contributed by atoms with Crippen LogP contribution in [-0.2, 0) is 4.79 Å². The van der Waals surface area contributed by atoms with Crippen molar-refractivity contribution in [2.75, 3.05) is 6.61 Å². The van der Waals surface area contributed by atoms with Gasteiger partial charge in [-0.05, 0) is 18.1 Å². The number of carbonyl (C=O) groups is 1. The lowest BCUT2D eigenvalue weighted by molar-refractivity contribution is -0.118. The second kappa shape index (κ2) is 4.68. The van der Waals surface area contributed by atoms with Gasteiger partial charge in [0, 0.05) is 23.9 Å². The fourth-order valence-electron chi connectivity index (χ4n) is 3.06. The first-order chi connectivity index (χ1) is 10.3. The molecule has 1 saturated carbocycles. The summed E-state index contributed by atoms with van der Waals surface area (Å²) in [6.45, 7) is -0.166. The molecule has 0 saturated heterocycles. The lowest BCUT2D eigenvalue weighted by Crippen LogP contribution is -2.39. The third kappa shape index (κ3) is 2.03. The quantitative estimate of drug-likeness (QED) is 0.621. The highest BCUT2D eigenvalue weighted by Crippen LogP contribution is 2.50. The molecule has 0 bridgehead atoms. The van der Waals surface area contributed by atoms with Crippen molar-refractivity contribution >= 4 is 5.91 Å². The van der Waals surface area contributed by atoms with E-state index in [2.05, 4.69) is 27.2 Å². The molecule has 3 unspecified atom stereocenters. The molecular weight excluding hydrogens is 268 g/mol. The van der Waals surface area contributed by atoms with Crippen molar-refractivity contribution in [3.8, 4) is 0 Å². The van der Waals surface area contributed by atoms with Crippen LogP contribution in [0.1, 0.15) is 18.0 Å². The summed E-state index contributed by atoms with van der Waals surface area (Å²) in [4.78, 5) is 16.4. The van der Waals surface area contributed by atoms with Crippen molar-refractivity contribution in [3.63, 3.8) is 0 Å². The van der Waals surface area contributed by atoms with Crippen LogP contribution >= 0.6 is 0 Å². The molecule has 4 N–H and O–H groups in total. The maximum absolute atomic E-state index is 12.4. The van der Waals surface area contributed by atoms with Gasteiger partial charge in [-0.25, -0.2) is 5.43 Å². The average Bonchev–Trinajstić information content (AvgIpc) is 3.00. The number of amides is 1. The second-order valence-electron chi connectivity index (χ2n) is 5.60. The van der Waals surface area contributed by atoms with E-state index in [-0.39, 0.29) is 18.6 Å². The molecule has 1 aromatic heterocycles. The predicted molar refractivity (Wildman–Crippen MR) is 75.5 cm³/mol. The first-order valence-electron chi connectivity index (χ1n) is 7.05. The number of pyridine rings is 1.